The SMILES string of the molecule is C[C@@H](NC(=O)[C@H]1CCCCN1S(=O)(=O)c1ccc(Br)cc1)c1ccccc1. The Kier molecular flexibility index (Phi) is 6.34. The Bertz CT molecular complexity index is 885. The fourth-order valence-electron chi connectivity index (χ4n) is 3.33. The summed E-state index contributed by atoms with van der Waals surface area (Å²) in [6.45, 7) is 2.26. The second kappa shape index (κ2) is 8.54. The van der Waals surface area contributed by atoms with Crippen molar-refractivity contribution in [3.8, 4) is 0 Å². The highest BCUT2D eigenvalue weighted by atomic mass is 79.9. The van der Waals surface area contributed by atoms with E-state index in [1.807, 2.05) is 37.3 Å². The lowest BCUT2D eigenvalue weighted by molar-refractivity contribution is -0.126. The van der Waals surface area contributed by atoms with Gasteiger partial charge in [0.1, 0.15) is 6.04 Å². The molecule has 0 aliphatic carbocycles. The maximum absolute atomic E-state index is 13.1. The molecule has 0 spiro atoms. The summed E-state index contributed by atoms with van der Waals surface area (Å²) in [6, 6.07) is 15.3. The van der Waals surface area contributed by atoms with Gasteiger partial charge in [0.25, 0.3) is 0 Å². The lowest BCUT2D eigenvalue weighted by atomic mass is 10.0. The van der Waals surface area contributed by atoms with Crippen LogP contribution < -0.4 is 5.32 Å². The quantitative estimate of drug-likeness (QED) is 0.751. The fraction of sp³-hybridized carbons (Fsp3) is 0.350. The number of sulfonamides is 1. The van der Waals surface area contributed by atoms with Gasteiger partial charge in [-0.3, -0.25) is 4.79 Å². The number of carbonyl (C=O) groups excluding carboxylic acids is 1. The highest BCUT2D eigenvalue weighted by molar-refractivity contribution is 9.10. The molecular weight excluding hydrogens is 428 g/mol. The second-order valence-corrected chi connectivity index (χ2v) is 9.53. The first-order chi connectivity index (χ1) is 12.9. The van der Waals surface area contributed by atoms with Crippen LogP contribution in [0.1, 0.15) is 37.8 Å². The Hall–Kier alpha value is -1.70. The van der Waals surface area contributed by atoms with E-state index >= 15 is 0 Å². The van der Waals surface area contributed by atoms with Crippen molar-refractivity contribution >= 4 is 31.9 Å². The topological polar surface area (TPSA) is 66.5 Å². The van der Waals surface area contributed by atoms with Crippen molar-refractivity contribution in [2.24, 2.45) is 0 Å². The first-order valence-electron chi connectivity index (χ1n) is 9.02. The second-order valence-electron chi connectivity index (χ2n) is 6.72. The molecule has 0 radical (unpaired) electrons. The van der Waals surface area contributed by atoms with Crippen LogP contribution in [-0.2, 0) is 14.8 Å². The van der Waals surface area contributed by atoms with Gasteiger partial charge in [0.15, 0.2) is 0 Å². The van der Waals surface area contributed by atoms with Crippen LogP contribution in [0.25, 0.3) is 0 Å². The van der Waals surface area contributed by atoms with Gasteiger partial charge < -0.3 is 5.32 Å². The third kappa shape index (κ3) is 4.59. The molecule has 1 saturated heterocycles. The van der Waals surface area contributed by atoms with Gasteiger partial charge in [-0.05, 0) is 49.6 Å². The molecular formula is C20H23BrN2O3S. The van der Waals surface area contributed by atoms with Crippen molar-refractivity contribution in [3.63, 3.8) is 0 Å². The molecule has 7 heteroatoms. The Morgan fingerprint density at radius 3 is 2.44 bits per heavy atom. The number of rotatable bonds is 5. The minimum Gasteiger partial charge on any atom is -0.348 e. The van der Waals surface area contributed by atoms with Crippen LogP contribution in [0.3, 0.4) is 0 Å². The molecule has 2 aromatic carbocycles. The van der Waals surface area contributed by atoms with Gasteiger partial charge in [-0.25, -0.2) is 8.42 Å². The fourth-order valence-corrected chi connectivity index (χ4v) is 5.25. The maximum Gasteiger partial charge on any atom is 0.243 e. The third-order valence-electron chi connectivity index (χ3n) is 4.83. The van der Waals surface area contributed by atoms with Crippen LogP contribution in [0.2, 0.25) is 0 Å². The van der Waals surface area contributed by atoms with Crippen molar-refractivity contribution in [2.45, 2.75) is 43.2 Å². The first-order valence-corrected chi connectivity index (χ1v) is 11.3. The average molecular weight is 451 g/mol. The molecule has 0 saturated carbocycles. The van der Waals surface area contributed by atoms with Crippen LogP contribution in [0.15, 0.2) is 64.0 Å². The van der Waals surface area contributed by atoms with E-state index in [9.17, 15) is 13.2 Å². The monoisotopic (exact) mass is 450 g/mol. The predicted octanol–water partition coefficient (Wildman–Crippen LogP) is 3.87. The van der Waals surface area contributed by atoms with E-state index in [2.05, 4.69) is 21.2 Å². The maximum atomic E-state index is 13.1. The summed E-state index contributed by atoms with van der Waals surface area (Å²) in [4.78, 5) is 13.1. The first kappa shape index (κ1) is 20.0. The van der Waals surface area contributed by atoms with Gasteiger partial charge in [0, 0.05) is 11.0 Å². The normalized spacial score (nSPS) is 19.4. The lowest BCUT2D eigenvalue weighted by Gasteiger charge is -2.34. The highest BCUT2D eigenvalue weighted by Crippen LogP contribution is 2.27. The van der Waals surface area contributed by atoms with Gasteiger partial charge in [-0.2, -0.15) is 4.31 Å². The van der Waals surface area contributed by atoms with Crippen molar-refractivity contribution in [3.05, 3.63) is 64.6 Å². The molecule has 144 valence electrons. The standard InChI is InChI=1S/C20H23BrN2O3S/c1-15(16-7-3-2-4-8-16)22-20(24)19-9-5-6-14-23(19)27(25,26)18-12-10-17(21)11-13-18/h2-4,7-8,10-13,15,19H,5-6,9,14H2,1H3,(H,22,24)/t15-,19-/m1/s1. The number of piperidine rings is 1. The molecule has 2 aromatic rings. The number of nitrogens with zero attached hydrogens (tertiary/aromatic N) is 1. The Labute approximate surface area is 169 Å². The molecule has 1 N–H and O–H groups in total. The van der Waals surface area contributed by atoms with E-state index in [-0.39, 0.29) is 16.8 Å². The number of nitrogens with one attached hydrogen (secondary N) is 1. The number of carbonyl (C=O) groups is 1. The Morgan fingerprint density at radius 2 is 1.78 bits per heavy atom. The number of amides is 1. The van der Waals surface area contributed by atoms with E-state index in [1.54, 1.807) is 24.3 Å². The number of hydrogen-bond donors (Lipinski definition) is 1. The molecule has 1 fully saturated rings. The van der Waals surface area contributed by atoms with Crippen LogP contribution in [0, 0.1) is 0 Å². The lowest BCUT2D eigenvalue weighted by Crippen LogP contribution is -2.52. The van der Waals surface area contributed by atoms with Gasteiger partial charge in [0.2, 0.25) is 15.9 Å². The molecule has 27 heavy (non-hydrogen) atoms. The Morgan fingerprint density at radius 1 is 1.11 bits per heavy atom. The van der Waals surface area contributed by atoms with Gasteiger partial charge >= 0.3 is 0 Å². The van der Waals surface area contributed by atoms with Crippen molar-refractivity contribution in [1.29, 1.82) is 0 Å². The summed E-state index contributed by atoms with van der Waals surface area (Å²) in [5.41, 5.74) is 0.990. The molecule has 1 heterocycles. The number of hydrogen-bond acceptors (Lipinski definition) is 3. The largest absolute Gasteiger partial charge is 0.348 e. The minimum atomic E-state index is -3.72. The van der Waals surface area contributed by atoms with Crippen LogP contribution in [0.5, 0.6) is 0 Å². The van der Waals surface area contributed by atoms with E-state index in [0.717, 1.165) is 22.9 Å². The Balaban J connectivity index is 1.80. The zero-order valence-corrected chi connectivity index (χ0v) is 17.5. The summed E-state index contributed by atoms with van der Waals surface area (Å²) in [5, 5.41) is 2.98. The van der Waals surface area contributed by atoms with Crippen molar-refractivity contribution in [1.82, 2.24) is 9.62 Å². The number of benzene rings is 2. The summed E-state index contributed by atoms with van der Waals surface area (Å²) >= 11 is 3.32. The zero-order valence-electron chi connectivity index (χ0n) is 15.1. The van der Waals surface area contributed by atoms with Gasteiger partial charge in [0.05, 0.1) is 10.9 Å². The van der Waals surface area contributed by atoms with Crippen LogP contribution in [-0.4, -0.2) is 31.2 Å². The van der Waals surface area contributed by atoms with Crippen molar-refractivity contribution < 1.29 is 13.2 Å². The number of halogens is 1. The van der Waals surface area contributed by atoms with E-state index in [1.165, 1.54) is 4.31 Å². The highest BCUT2D eigenvalue weighted by Gasteiger charge is 2.37. The molecule has 0 bridgehead atoms. The zero-order chi connectivity index (χ0) is 19.4. The molecule has 2 atom stereocenters. The summed E-state index contributed by atoms with van der Waals surface area (Å²) < 4.78 is 28.4. The van der Waals surface area contributed by atoms with Gasteiger partial charge in [-0.1, -0.05) is 52.7 Å². The minimum absolute atomic E-state index is 0.183. The average Bonchev–Trinajstić information content (AvgIpc) is 2.69. The van der Waals surface area contributed by atoms with E-state index in [0.29, 0.717) is 13.0 Å². The molecule has 1 aliphatic heterocycles. The molecule has 0 unspecified atom stereocenters. The van der Waals surface area contributed by atoms with Crippen LogP contribution in [0.4, 0.5) is 0 Å². The molecule has 3 rings (SSSR count). The smallest absolute Gasteiger partial charge is 0.243 e. The molecule has 1 aliphatic rings. The summed E-state index contributed by atoms with van der Waals surface area (Å²) in [5.74, 6) is -0.244. The molecule has 1 amide bonds. The molecule has 0 aromatic heterocycles. The van der Waals surface area contributed by atoms with E-state index in [4.69, 9.17) is 0 Å². The van der Waals surface area contributed by atoms with Crippen molar-refractivity contribution in [2.75, 3.05) is 6.54 Å². The third-order valence-corrected chi connectivity index (χ3v) is 7.29. The van der Waals surface area contributed by atoms with Gasteiger partial charge in [-0.15, -0.1) is 0 Å². The van der Waals surface area contributed by atoms with E-state index < -0.39 is 16.1 Å². The van der Waals surface area contributed by atoms with Crippen LogP contribution >= 0.6 is 15.9 Å². The predicted molar refractivity (Wildman–Crippen MR) is 109 cm³/mol. The summed E-state index contributed by atoms with van der Waals surface area (Å²) in [7, 11) is -3.72. The summed E-state index contributed by atoms with van der Waals surface area (Å²) in [6.07, 6.45) is 2.13. The molecule has 5 nitrogen and oxygen atoms in total.